The molecule has 0 unspecified atom stereocenters. The molecule has 0 bridgehead atoms. The standard InChI is InChI=1S/C11H20N4O2S/c1-11(2,3)15-8(6-14(4)5)12-13-10(15)18-7-9(16)17/h6-7H2,1-5H3,(H,16,17). The summed E-state index contributed by atoms with van der Waals surface area (Å²) >= 11 is 1.20. The topological polar surface area (TPSA) is 71.2 Å². The van der Waals surface area contributed by atoms with E-state index in [1.807, 2.05) is 23.6 Å². The van der Waals surface area contributed by atoms with E-state index in [1.165, 1.54) is 11.8 Å². The van der Waals surface area contributed by atoms with E-state index >= 15 is 0 Å². The van der Waals surface area contributed by atoms with Crippen LogP contribution in [0, 0.1) is 0 Å². The van der Waals surface area contributed by atoms with Crippen LogP contribution in [0.25, 0.3) is 0 Å². The van der Waals surface area contributed by atoms with Crippen LogP contribution in [0.4, 0.5) is 0 Å². The highest BCUT2D eigenvalue weighted by Gasteiger charge is 2.23. The molecule has 0 spiro atoms. The van der Waals surface area contributed by atoms with Crippen molar-refractivity contribution in [1.29, 1.82) is 0 Å². The Bertz CT molecular complexity index is 423. The Labute approximate surface area is 111 Å². The summed E-state index contributed by atoms with van der Waals surface area (Å²) in [4.78, 5) is 12.6. The number of hydrogen-bond donors (Lipinski definition) is 1. The normalized spacial score (nSPS) is 12.1. The Morgan fingerprint density at radius 3 is 2.44 bits per heavy atom. The molecule has 0 saturated carbocycles. The highest BCUT2D eigenvalue weighted by Crippen LogP contribution is 2.25. The molecular weight excluding hydrogens is 252 g/mol. The molecule has 0 fully saturated rings. The number of rotatable bonds is 5. The van der Waals surface area contributed by atoms with Crippen LogP contribution in [0.5, 0.6) is 0 Å². The van der Waals surface area contributed by atoms with Crippen LogP contribution in [0.1, 0.15) is 26.6 Å². The zero-order valence-electron chi connectivity index (χ0n) is 11.5. The lowest BCUT2D eigenvalue weighted by atomic mass is 10.1. The predicted octanol–water partition coefficient (Wildman–Crippen LogP) is 1.27. The molecule has 102 valence electrons. The molecule has 0 saturated heterocycles. The maximum Gasteiger partial charge on any atom is 0.313 e. The van der Waals surface area contributed by atoms with E-state index in [0.29, 0.717) is 11.7 Å². The molecule has 1 rings (SSSR count). The van der Waals surface area contributed by atoms with Gasteiger partial charge in [-0.15, -0.1) is 10.2 Å². The van der Waals surface area contributed by atoms with Crippen LogP contribution in [0.15, 0.2) is 5.16 Å². The number of carboxylic acids is 1. The van der Waals surface area contributed by atoms with Gasteiger partial charge in [0.1, 0.15) is 5.82 Å². The predicted molar refractivity (Wildman–Crippen MR) is 70.8 cm³/mol. The van der Waals surface area contributed by atoms with Crippen molar-refractivity contribution >= 4 is 17.7 Å². The van der Waals surface area contributed by atoms with Gasteiger partial charge in [0.05, 0.1) is 12.3 Å². The van der Waals surface area contributed by atoms with Crippen LogP contribution in [0.3, 0.4) is 0 Å². The van der Waals surface area contributed by atoms with Gasteiger partial charge in [-0.3, -0.25) is 9.36 Å². The molecule has 0 aliphatic heterocycles. The van der Waals surface area contributed by atoms with Crippen LogP contribution < -0.4 is 0 Å². The number of carboxylic acid groups (broad SMARTS) is 1. The monoisotopic (exact) mass is 272 g/mol. The summed E-state index contributed by atoms with van der Waals surface area (Å²) in [7, 11) is 3.93. The second kappa shape index (κ2) is 5.71. The van der Waals surface area contributed by atoms with Crippen molar-refractivity contribution in [3.63, 3.8) is 0 Å². The van der Waals surface area contributed by atoms with Crippen molar-refractivity contribution in [2.24, 2.45) is 0 Å². The molecule has 1 aromatic rings. The van der Waals surface area contributed by atoms with E-state index in [1.54, 1.807) is 0 Å². The minimum Gasteiger partial charge on any atom is -0.481 e. The van der Waals surface area contributed by atoms with Gasteiger partial charge in [0.2, 0.25) is 0 Å². The third kappa shape index (κ3) is 3.99. The summed E-state index contributed by atoms with van der Waals surface area (Å²) in [6.07, 6.45) is 0. The van der Waals surface area contributed by atoms with E-state index in [9.17, 15) is 4.79 Å². The van der Waals surface area contributed by atoms with Gasteiger partial charge in [0.15, 0.2) is 5.16 Å². The average Bonchev–Trinajstić information content (AvgIpc) is 2.56. The first-order valence-electron chi connectivity index (χ1n) is 5.66. The summed E-state index contributed by atoms with van der Waals surface area (Å²) in [5, 5.41) is 17.6. The van der Waals surface area contributed by atoms with E-state index in [2.05, 4.69) is 31.0 Å². The molecule has 6 nitrogen and oxygen atoms in total. The minimum absolute atomic E-state index is 0.00379. The fourth-order valence-electron chi connectivity index (χ4n) is 1.58. The quantitative estimate of drug-likeness (QED) is 0.814. The lowest BCUT2D eigenvalue weighted by molar-refractivity contribution is -0.133. The third-order valence-electron chi connectivity index (χ3n) is 2.15. The average molecular weight is 272 g/mol. The van der Waals surface area contributed by atoms with Gasteiger partial charge in [-0.2, -0.15) is 0 Å². The molecule has 0 amide bonds. The fraction of sp³-hybridized carbons (Fsp3) is 0.727. The van der Waals surface area contributed by atoms with Crippen LogP contribution in [0.2, 0.25) is 0 Å². The Morgan fingerprint density at radius 2 is 2.00 bits per heavy atom. The molecule has 0 atom stereocenters. The molecule has 18 heavy (non-hydrogen) atoms. The molecule has 0 aliphatic rings. The fourth-order valence-corrected chi connectivity index (χ4v) is 2.44. The highest BCUT2D eigenvalue weighted by molar-refractivity contribution is 7.99. The van der Waals surface area contributed by atoms with E-state index in [4.69, 9.17) is 5.11 Å². The van der Waals surface area contributed by atoms with Gasteiger partial charge in [-0.05, 0) is 34.9 Å². The second-order valence-electron chi connectivity index (χ2n) is 5.33. The summed E-state index contributed by atoms with van der Waals surface area (Å²) in [6.45, 7) is 6.85. The van der Waals surface area contributed by atoms with Crippen molar-refractivity contribution in [2.45, 2.75) is 38.0 Å². The highest BCUT2D eigenvalue weighted by atomic mass is 32.2. The molecule has 0 aliphatic carbocycles. The summed E-state index contributed by atoms with van der Waals surface area (Å²) in [5.74, 6) is -0.00564. The third-order valence-corrected chi connectivity index (χ3v) is 3.07. The van der Waals surface area contributed by atoms with Crippen molar-refractivity contribution in [3.8, 4) is 0 Å². The van der Waals surface area contributed by atoms with Crippen molar-refractivity contribution in [1.82, 2.24) is 19.7 Å². The number of aromatic nitrogens is 3. The molecule has 1 aromatic heterocycles. The molecule has 7 heteroatoms. The maximum atomic E-state index is 10.6. The van der Waals surface area contributed by atoms with E-state index in [-0.39, 0.29) is 11.3 Å². The largest absolute Gasteiger partial charge is 0.481 e. The minimum atomic E-state index is -0.849. The zero-order chi connectivity index (χ0) is 13.9. The summed E-state index contributed by atoms with van der Waals surface area (Å²) < 4.78 is 2.00. The van der Waals surface area contributed by atoms with E-state index in [0.717, 1.165) is 5.82 Å². The molecular formula is C11H20N4O2S. The van der Waals surface area contributed by atoms with Gasteiger partial charge in [0, 0.05) is 5.54 Å². The summed E-state index contributed by atoms with van der Waals surface area (Å²) in [6, 6.07) is 0. The van der Waals surface area contributed by atoms with Crippen molar-refractivity contribution in [2.75, 3.05) is 19.8 Å². The Hall–Kier alpha value is -1.08. The molecule has 1 heterocycles. The first kappa shape index (κ1) is 15.0. The Balaban J connectivity index is 3.03. The zero-order valence-corrected chi connectivity index (χ0v) is 12.3. The van der Waals surface area contributed by atoms with Gasteiger partial charge >= 0.3 is 5.97 Å². The van der Waals surface area contributed by atoms with Crippen molar-refractivity contribution < 1.29 is 9.90 Å². The van der Waals surface area contributed by atoms with Gasteiger partial charge in [-0.1, -0.05) is 11.8 Å². The van der Waals surface area contributed by atoms with Gasteiger partial charge in [-0.25, -0.2) is 0 Å². The maximum absolute atomic E-state index is 10.6. The first-order chi connectivity index (χ1) is 8.21. The first-order valence-corrected chi connectivity index (χ1v) is 6.64. The molecule has 0 radical (unpaired) electrons. The SMILES string of the molecule is CN(C)Cc1nnc(SCC(=O)O)n1C(C)(C)C. The number of hydrogen-bond acceptors (Lipinski definition) is 5. The molecule has 0 aromatic carbocycles. The lowest BCUT2D eigenvalue weighted by Crippen LogP contribution is -2.27. The lowest BCUT2D eigenvalue weighted by Gasteiger charge is -2.25. The number of aliphatic carboxylic acids is 1. The van der Waals surface area contributed by atoms with Gasteiger partial charge < -0.3 is 10.0 Å². The van der Waals surface area contributed by atoms with Gasteiger partial charge in [0.25, 0.3) is 0 Å². The number of nitrogens with zero attached hydrogens (tertiary/aromatic N) is 4. The van der Waals surface area contributed by atoms with E-state index < -0.39 is 5.97 Å². The van der Waals surface area contributed by atoms with Crippen molar-refractivity contribution in [3.05, 3.63) is 5.82 Å². The number of carbonyl (C=O) groups is 1. The van der Waals surface area contributed by atoms with Crippen LogP contribution in [-0.2, 0) is 16.9 Å². The summed E-state index contributed by atoms with van der Waals surface area (Å²) in [5.41, 5.74) is -0.171. The number of thioether (sulfide) groups is 1. The second-order valence-corrected chi connectivity index (χ2v) is 6.27. The van der Waals surface area contributed by atoms with Crippen LogP contribution >= 0.6 is 11.8 Å². The molecule has 1 N–H and O–H groups in total. The van der Waals surface area contributed by atoms with Crippen LogP contribution in [-0.4, -0.2) is 50.6 Å². The smallest absolute Gasteiger partial charge is 0.313 e. The Morgan fingerprint density at radius 1 is 1.39 bits per heavy atom. The Kier molecular flexibility index (Phi) is 4.75.